The molecule has 0 aliphatic heterocycles. The fraction of sp³-hybridized carbons (Fsp3) is 0.889. The number of aliphatic imine (C=N–C) groups is 1. The van der Waals surface area contributed by atoms with Crippen LogP contribution in [0.2, 0.25) is 0 Å². The Bertz CT molecular complexity index is 163. The molecule has 0 aromatic carbocycles. The lowest BCUT2D eigenvalue weighted by molar-refractivity contribution is 0.158. The van der Waals surface area contributed by atoms with Crippen LogP contribution in [0.5, 0.6) is 0 Å². The minimum absolute atomic E-state index is 0.305. The lowest BCUT2D eigenvalue weighted by atomic mass is 9.87. The van der Waals surface area contributed by atoms with Gasteiger partial charge in [0.15, 0.2) is 0 Å². The zero-order chi connectivity index (χ0) is 9.68. The predicted molar refractivity (Wildman–Crippen MR) is 49.3 cm³/mol. The fourth-order valence-corrected chi connectivity index (χ4v) is 1.58. The first kappa shape index (κ1) is 10.6. The number of rotatable bonds is 3. The van der Waals surface area contributed by atoms with Crippen molar-refractivity contribution < 1.29 is 8.78 Å². The van der Waals surface area contributed by atoms with Gasteiger partial charge in [0.25, 0.3) is 6.43 Å². The van der Waals surface area contributed by atoms with Crippen molar-refractivity contribution >= 4 is 6.21 Å². The van der Waals surface area contributed by atoms with Crippen molar-refractivity contribution in [1.29, 1.82) is 0 Å². The highest BCUT2D eigenvalue weighted by molar-refractivity contribution is 5.60. The SMILES string of the molecule is NC1CCC(/C=N/CC(F)F)CC1. The Morgan fingerprint density at radius 1 is 1.31 bits per heavy atom. The predicted octanol–water partition coefficient (Wildman–Crippen LogP) is 1.84. The van der Waals surface area contributed by atoms with Crippen LogP contribution >= 0.6 is 0 Å². The van der Waals surface area contributed by atoms with E-state index in [0.717, 1.165) is 25.7 Å². The third-order valence-electron chi connectivity index (χ3n) is 2.38. The van der Waals surface area contributed by atoms with Gasteiger partial charge in [-0.1, -0.05) is 0 Å². The zero-order valence-corrected chi connectivity index (χ0v) is 7.63. The van der Waals surface area contributed by atoms with E-state index in [9.17, 15) is 8.78 Å². The standard InChI is InChI=1S/C9H16F2N2/c10-9(11)6-13-5-7-1-3-8(12)4-2-7/h5,7-9H,1-4,6,12H2/b13-5+. The average molecular weight is 190 g/mol. The van der Waals surface area contributed by atoms with Crippen LogP contribution < -0.4 is 5.73 Å². The second kappa shape index (κ2) is 5.27. The number of nitrogens with two attached hydrogens (primary N) is 1. The molecular weight excluding hydrogens is 174 g/mol. The van der Waals surface area contributed by atoms with Gasteiger partial charge in [0, 0.05) is 12.3 Å². The summed E-state index contributed by atoms with van der Waals surface area (Å²) in [5.41, 5.74) is 5.71. The Morgan fingerprint density at radius 2 is 1.92 bits per heavy atom. The van der Waals surface area contributed by atoms with Crippen LogP contribution in [0.3, 0.4) is 0 Å². The van der Waals surface area contributed by atoms with Gasteiger partial charge in [-0.25, -0.2) is 8.78 Å². The van der Waals surface area contributed by atoms with E-state index in [4.69, 9.17) is 5.73 Å². The molecule has 0 amide bonds. The summed E-state index contributed by atoms with van der Waals surface area (Å²) in [7, 11) is 0. The van der Waals surface area contributed by atoms with Crippen molar-refractivity contribution in [2.75, 3.05) is 6.54 Å². The lowest BCUT2D eigenvalue weighted by Crippen LogP contribution is -2.27. The largest absolute Gasteiger partial charge is 0.328 e. The van der Waals surface area contributed by atoms with Crippen molar-refractivity contribution in [3.63, 3.8) is 0 Å². The first-order chi connectivity index (χ1) is 6.18. The topological polar surface area (TPSA) is 38.4 Å². The normalized spacial score (nSPS) is 30.2. The molecular formula is C9H16F2N2. The van der Waals surface area contributed by atoms with Gasteiger partial charge < -0.3 is 5.73 Å². The van der Waals surface area contributed by atoms with Gasteiger partial charge in [0.2, 0.25) is 0 Å². The molecule has 1 saturated carbocycles. The van der Waals surface area contributed by atoms with Crippen LogP contribution in [-0.4, -0.2) is 25.2 Å². The monoisotopic (exact) mass is 190 g/mol. The lowest BCUT2D eigenvalue weighted by Gasteiger charge is -2.22. The third kappa shape index (κ3) is 4.31. The molecule has 13 heavy (non-hydrogen) atoms. The molecule has 0 radical (unpaired) electrons. The summed E-state index contributed by atoms with van der Waals surface area (Å²) in [5, 5.41) is 0. The summed E-state index contributed by atoms with van der Waals surface area (Å²) in [6.07, 6.45) is 3.33. The molecule has 0 aromatic heterocycles. The van der Waals surface area contributed by atoms with Crippen molar-refractivity contribution in [2.24, 2.45) is 16.6 Å². The van der Waals surface area contributed by atoms with Gasteiger partial charge in [-0.05, 0) is 31.6 Å². The minimum atomic E-state index is -2.32. The van der Waals surface area contributed by atoms with E-state index in [-0.39, 0.29) is 6.54 Å². The van der Waals surface area contributed by atoms with Crippen LogP contribution in [0.25, 0.3) is 0 Å². The maximum absolute atomic E-state index is 11.7. The second-order valence-electron chi connectivity index (χ2n) is 3.58. The molecule has 2 N–H and O–H groups in total. The Balaban J connectivity index is 2.18. The molecule has 2 nitrogen and oxygen atoms in total. The Hall–Kier alpha value is -0.510. The van der Waals surface area contributed by atoms with Crippen LogP contribution in [0.15, 0.2) is 4.99 Å². The fourth-order valence-electron chi connectivity index (χ4n) is 1.58. The summed E-state index contributed by atoms with van der Waals surface area (Å²) in [6.45, 7) is -0.359. The summed E-state index contributed by atoms with van der Waals surface area (Å²) in [5.74, 6) is 0.374. The minimum Gasteiger partial charge on any atom is -0.328 e. The number of alkyl halides is 2. The van der Waals surface area contributed by atoms with Crippen molar-refractivity contribution in [3.8, 4) is 0 Å². The van der Waals surface area contributed by atoms with Crippen molar-refractivity contribution in [3.05, 3.63) is 0 Å². The quantitative estimate of drug-likeness (QED) is 0.677. The molecule has 0 saturated heterocycles. The first-order valence-electron chi connectivity index (χ1n) is 4.72. The molecule has 76 valence electrons. The van der Waals surface area contributed by atoms with Crippen LogP contribution in [-0.2, 0) is 0 Å². The number of hydrogen-bond acceptors (Lipinski definition) is 2. The Labute approximate surface area is 77.2 Å². The Morgan fingerprint density at radius 3 is 2.46 bits per heavy atom. The van der Waals surface area contributed by atoms with E-state index >= 15 is 0 Å². The van der Waals surface area contributed by atoms with Crippen LogP contribution in [0, 0.1) is 5.92 Å². The molecule has 0 unspecified atom stereocenters. The van der Waals surface area contributed by atoms with Gasteiger partial charge in [-0.2, -0.15) is 0 Å². The summed E-state index contributed by atoms with van der Waals surface area (Å²) >= 11 is 0. The average Bonchev–Trinajstić information content (AvgIpc) is 2.08. The molecule has 0 bridgehead atoms. The second-order valence-corrected chi connectivity index (χ2v) is 3.58. The third-order valence-corrected chi connectivity index (χ3v) is 2.38. The number of halogens is 2. The van der Waals surface area contributed by atoms with E-state index in [0.29, 0.717) is 12.0 Å². The van der Waals surface area contributed by atoms with Crippen molar-refractivity contribution in [1.82, 2.24) is 0 Å². The smallest absolute Gasteiger partial charge is 0.257 e. The molecule has 0 aromatic rings. The molecule has 1 rings (SSSR count). The van der Waals surface area contributed by atoms with Gasteiger partial charge >= 0.3 is 0 Å². The van der Waals surface area contributed by atoms with Crippen LogP contribution in [0.4, 0.5) is 8.78 Å². The van der Waals surface area contributed by atoms with E-state index < -0.39 is 6.43 Å². The van der Waals surface area contributed by atoms with Crippen molar-refractivity contribution in [2.45, 2.75) is 38.2 Å². The summed E-state index contributed by atoms with van der Waals surface area (Å²) in [6, 6.07) is 0.305. The van der Waals surface area contributed by atoms with Gasteiger partial charge in [0.05, 0.1) is 6.54 Å². The molecule has 1 aliphatic rings. The van der Waals surface area contributed by atoms with Crippen LogP contribution in [0.1, 0.15) is 25.7 Å². The summed E-state index contributed by atoms with van der Waals surface area (Å²) < 4.78 is 23.4. The van der Waals surface area contributed by atoms with E-state index in [1.165, 1.54) is 0 Å². The maximum atomic E-state index is 11.7. The molecule has 0 spiro atoms. The van der Waals surface area contributed by atoms with E-state index in [2.05, 4.69) is 4.99 Å². The molecule has 4 heteroatoms. The number of hydrogen-bond donors (Lipinski definition) is 1. The Kier molecular flexibility index (Phi) is 4.28. The van der Waals surface area contributed by atoms with E-state index in [1.807, 2.05) is 0 Å². The highest BCUT2D eigenvalue weighted by Crippen LogP contribution is 2.21. The van der Waals surface area contributed by atoms with Gasteiger partial charge in [-0.3, -0.25) is 4.99 Å². The molecule has 1 fully saturated rings. The number of nitrogens with zero attached hydrogens (tertiary/aromatic N) is 1. The van der Waals surface area contributed by atoms with Gasteiger partial charge in [-0.15, -0.1) is 0 Å². The van der Waals surface area contributed by atoms with Gasteiger partial charge in [0.1, 0.15) is 0 Å². The highest BCUT2D eigenvalue weighted by atomic mass is 19.3. The maximum Gasteiger partial charge on any atom is 0.257 e. The molecule has 1 aliphatic carbocycles. The first-order valence-corrected chi connectivity index (χ1v) is 4.72. The van der Waals surface area contributed by atoms with E-state index in [1.54, 1.807) is 6.21 Å². The molecule has 0 atom stereocenters. The zero-order valence-electron chi connectivity index (χ0n) is 7.63. The summed E-state index contributed by atoms with van der Waals surface area (Å²) in [4.78, 5) is 3.70. The highest BCUT2D eigenvalue weighted by Gasteiger charge is 2.16. The molecule has 0 heterocycles.